The minimum absolute atomic E-state index is 0.0188. The van der Waals surface area contributed by atoms with Gasteiger partial charge in [-0.05, 0) is 25.7 Å². The fraction of sp³-hybridized carbons (Fsp3) is 0.722. The number of unbranched alkanes of at least 4 members (excludes halogenated alkanes) is 2. The highest BCUT2D eigenvalue weighted by Crippen LogP contribution is 2.34. The summed E-state index contributed by atoms with van der Waals surface area (Å²) in [7, 11) is 0. The van der Waals surface area contributed by atoms with Crippen molar-refractivity contribution in [2.45, 2.75) is 122 Å². The zero-order chi connectivity index (χ0) is 43.2. The summed E-state index contributed by atoms with van der Waals surface area (Å²) in [5, 5.41) is 19.9. The molecule has 0 saturated carbocycles. The van der Waals surface area contributed by atoms with Crippen molar-refractivity contribution in [3.63, 3.8) is 0 Å². The molecule has 7 fully saturated rings. The minimum atomic E-state index is -0.554. The molecule has 2 unspecified atom stereocenters. The maximum atomic E-state index is 11.9. The summed E-state index contributed by atoms with van der Waals surface area (Å²) in [6, 6.07) is 0.665. The van der Waals surface area contributed by atoms with Crippen LogP contribution in [0.25, 0.3) is 0 Å². The molecule has 0 spiro atoms. The molecule has 24 heteroatoms. The average Bonchev–Trinajstić information content (AvgIpc) is 4.08. The van der Waals surface area contributed by atoms with Crippen molar-refractivity contribution < 1.29 is 52.8 Å². The number of nitrogens with zero attached hydrogens (tertiary/aromatic N) is 1. The number of amides is 11. The molecule has 7 heterocycles. The largest absolute Gasteiger partial charge is 0.355 e. The molecule has 332 valence electrons. The Morgan fingerprint density at radius 1 is 0.700 bits per heavy atom. The third-order valence-electron chi connectivity index (χ3n) is 10.4. The third-order valence-corrected chi connectivity index (χ3v) is 15.9. The van der Waals surface area contributed by atoms with E-state index in [1.54, 1.807) is 0 Å². The molecule has 8 atom stereocenters. The molecule has 0 aromatic heterocycles. The molecule has 0 aliphatic carbocycles. The lowest BCUT2D eigenvalue weighted by molar-refractivity contribution is -0.197. The smallest absolute Gasteiger partial charge is 0.333 e. The monoisotopic (exact) mass is 915 g/mol. The van der Waals surface area contributed by atoms with E-state index in [4.69, 9.17) is 10.6 Å². The maximum Gasteiger partial charge on any atom is 0.333 e. The molecule has 0 aromatic rings. The van der Waals surface area contributed by atoms with Gasteiger partial charge >= 0.3 is 18.0 Å². The number of thioether (sulfide) groups is 4. The topological polar surface area (TPSA) is 293 Å². The number of fused-ring (bicyclic) bond motifs is 2. The fourth-order valence-corrected chi connectivity index (χ4v) is 12.3. The third kappa shape index (κ3) is 14.2. The fourth-order valence-electron chi connectivity index (χ4n) is 7.36. The summed E-state index contributed by atoms with van der Waals surface area (Å²) in [5.74, 6) is 0.957. The molecule has 7 aliphatic heterocycles. The highest BCUT2D eigenvalue weighted by Gasteiger charge is 2.44. The molecule has 9 N–H and O–H groups in total. The molecule has 7 rings (SSSR count). The Kier molecular flexibility index (Phi) is 18.5. The van der Waals surface area contributed by atoms with Gasteiger partial charge in [0.15, 0.2) is 0 Å². The highest BCUT2D eigenvalue weighted by molar-refractivity contribution is 8.01. The molecular formula is C36H53N9O11S4. The predicted molar refractivity (Wildman–Crippen MR) is 225 cm³/mol. The van der Waals surface area contributed by atoms with E-state index in [1.807, 2.05) is 23.5 Å². The van der Waals surface area contributed by atoms with E-state index in [0.717, 1.165) is 49.4 Å². The number of rotatable bonds is 18. The van der Waals surface area contributed by atoms with Gasteiger partial charge in [0.25, 0.3) is 11.8 Å². The van der Waals surface area contributed by atoms with Gasteiger partial charge in [-0.25, -0.2) is 14.4 Å². The first kappa shape index (κ1) is 47.3. The number of urea groups is 2. The Labute approximate surface area is 364 Å². The van der Waals surface area contributed by atoms with Gasteiger partial charge in [-0.2, -0.15) is 23.5 Å². The molecule has 0 radical (unpaired) electrons. The van der Waals surface area contributed by atoms with Crippen LogP contribution in [0.3, 0.4) is 0 Å². The van der Waals surface area contributed by atoms with Gasteiger partial charge in [-0.15, -0.1) is 28.6 Å². The van der Waals surface area contributed by atoms with E-state index >= 15 is 0 Å². The number of carbonyl (C=O) groups excluding carboxylic acids is 10. The summed E-state index contributed by atoms with van der Waals surface area (Å²) in [4.78, 5) is 118. The Hall–Kier alpha value is -3.74. The number of nitrogens with two attached hydrogens (primary N) is 1. The molecule has 60 heavy (non-hydrogen) atoms. The van der Waals surface area contributed by atoms with Crippen molar-refractivity contribution >= 4 is 106 Å². The molecule has 20 nitrogen and oxygen atoms in total. The van der Waals surface area contributed by atoms with Crippen LogP contribution in [-0.2, 0) is 43.2 Å². The molecular weight excluding hydrogens is 863 g/mol. The number of hydrogen-bond acceptors (Lipinski definition) is 16. The zero-order valence-corrected chi connectivity index (χ0v) is 36.3. The van der Waals surface area contributed by atoms with Crippen LogP contribution < -0.4 is 43.0 Å². The van der Waals surface area contributed by atoms with E-state index in [-0.39, 0.29) is 102 Å². The van der Waals surface area contributed by atoms with Crippen LogP contribution in [0.1, 0.15) is 77.0 Å². The number of hydroxylamine groups is 2. The van der Waals surface area contributed by atoms with Crippen molar-refractivity contribution in [2.24, 2.45) is 5.73 Å². The van der Waals surface area contributed by atoms with Gasteiger partial charge in [-0.3, -0.25) is 44.2 Å². The van der Waals surface area contributed by atoms with Crippen molar-refractivity contribution in [2.75, 3.05) is 36.1 Å². The zero-order valence-electron chi connectivity index (χ0n) is 33.0. The summed E-state index contributed by atoms with van der Waals surface area (Å²) in [6.45, 7) is 1.05. The normalized spacial score (nSPS) is 28.6. The standard InChI is InChI=1S/C16H24N4O4S2.C14H19N3O5S.C6H10N2O2S/c21-12(17-5-6-25-11-7-13(22)19-15(11)23)4-2-1-3-10-14-9(8-26-10)18-16(24)20-14;18-10-5-6-11(19)17(10)22-12(20)4-2-1-3-9-13-8(7-23-9)15-14(21)16-13;7-1-2-11-4-3-5(9)8-6(4)10/h9-11,14H,1-8H2,(H,17,21)(H2,18,20,24)(H,19,22,23);8-9,13H,1-7H2,(H2,15,16,21);4H,1-3,7H2,(H,8,9,10)/t9-,10-,11?,14-;8-,9-,13-;/m00./s1. The molecule has 7 saturated heterocycles. The highest BCUT2D eigenvalue weighted by atomic mass is 32.2. The number of nitrogens with one attached hydrogen (secondary N) is 7. The van der Waals surface area contributed by atoms with Crippen LogP contribution in [-0.4, -0.2) is 146 Å². The SMILES string of the molecule is NCCSC1CC(=O)NC1=O.O=C(CCCC[C@@H]1SC[C@@H]2NC(=O)N[C@@H]21)NCCSC1CC(=O)NC1=O.O=C1N[C@H]2[C@H](CS[C@H]2CCCCC(=O)ON2C(=O)CCC2=O)N1. The van der Waals surface area contributed by atoms with Crippen molar-refractivity contribution in [1.82, 2.24) is 42.3 Å². The number of carbonyl (C=O) groups is 10. The van der Waals surface area contributed by atoms with Gasteiger partial charge in [0.05, 0.1) is 34.7 Å². The second kappa shape index (κ2) is 23.5. The van der Waals surface area contributed by atoms with Crippen molar-refractivity contribution in [3.05, 3.63) is 0 Å². The van der Waals surface area contributed by atoms with Crippen LogP contribution in [0.2, 0.25) is 0 Å². The summed E-state index contributed by atoms with van der Waals surface area (Å²) in [5.41, 5.74) is 5.25. The second-order valence-electron chi connectivity index (χ2n) is 14.9. The summed E-state index contributed by atoms with van der Waals surface area (Å²) in [6.07, 6.45) is 6.57. The van der Waals surface area contributed by atoms with Crippen LogP contribution in [0, 0.1) is 0 Å². The van der Waals surface area contributed by atoms with Crippen LogP contribution in [0.5, 0.6) is 0 Å². The average molecular weight is 916 g/mol. The van der Waals surface area contributed by atoms with Crippen molar-refractivity contribution in [3.8, 4) is 0 Å². The first-order valence-electron chi connectivity index (χ1n) is 20.1. The molecule has 0 bridgehead atoms. The Morgan fingerprint density at radius 3 is 1.68 bits per heavy atom. The lowest BCUT2D eigenvalue weighted by atomic mass is 10.0. The lowest BCUT2D eigenvalue weighted by Gasteiger charge is -2.16. The quantitative estimate of drug-likeness (QED) is 0.0484. The van der Waals surface area contributed by atoms with Gasteiger partial charge < -0.3 is 37.2 Å². The predicted octanol–water partition coefficient (Wildman–Crippen LogP) is -0.610. The Bertz CT molecular complexity index is 1650. The maximum absolute atomic E-state index is 11.9. The summed E-state index contributed by atoms with van der Waals surface area (Å²) < 4.78 is 0. The Morgan fingerprint density at radius 2 is 1.20 bits per heavy atom. The van der Waals surface area contributed by atoms with E-state index in [0.29, 0.717) is 53.7 Å². The molecule has 0 aromatic carbocycles. The number of hydrogen-bond donors (Lipinski definition) is 8. The van der Waals surface area contributed by atoms with E-state index < -0.39 is 17.8 Å². The van der Waals surface area contributed by atoms with Crippen LogP contribution >= 0.6 is 47.0 Å². The van der Waals surface area contributed by atoms with Gasteiger partial charge in [0.1, 0.15) is 0 Å². The number of imide groups is 3. The second-order valence-corrected chi connectivity index (χ2v) is 20.0. The van der Waals surface area contributed by atoms with E-state index in [1.165, 1.54) is 23.5 Å². The summed E-state index contributed by atoms with van der Waals surface area (Å²) >= 11 is 6.56. The first-order chi connectivity index (χ1) is 28.8. The Balaban J connectivity index is 0.000000184. The van der Waals surface area contributed by atoms with Crippen LogP contribution in [0.15, 0.2) is 0 Å². The van der Waals surface area contributed by atoms with Gasteiger partial charge in [-0.1, -0.05) is 12.8 Å². The first-order valence-corrected chi connectivity index (χ1v) is 24.3. The van der Waals surface area contributed by atoms with Crippen molar-refractivity contribution in [1.29, 1.82) is 0 Å². The molecule has 11 amide bonds. The lowest BCUT2D eigenvalue weighted by Crippen LogP contribution is -2.36. The molecule has 7 aliphatic rings. The minimum Gasteiger partial charge on any atom is -0.355 e. The van der Waals surface area contributed by atoms with Gasteiger partial charge in [0.2, 0.25) is 29.5 Å². The van der Waals surface area contributed by atoms with Gasteiger partial charge in [0, 0.05) is 85.1 Å². The van der Waals surface area contributed by atoms with E-state index in [2.05, 4.69) is 37.2 Å². The van der Waals surface area contributed by atoms with E-state index in [9.17, 15) is 47.9 Å². The van der Waals surface area contributed by atoms with Crippen LogP contribution in [0.4, 0.5) is 9.59 Å².